The van der Waals surface area contributed by atoms with Gasteiger partial charge in [0.15, 0.2) is 0 Å². The molecule has 0 spiro atoms. The third-order valence-electron chi connectivity index (χ3n) is 3.05. The standard InChI is InChI=1S/C16H17ClN2O2/c1-21-15-10-12(7-8-13(15)17)19-16(20)14(18)9-11-5-3-2-4-6-11/h2-8,10,14H,9,18H2,1H3,(H,19,20). The SMILES string of the molecule is COc1cc(NC(=O)C(N)Cc2ccccc2)ccc1Cl. The lowest BCUT2D eigenvalue weighted by molar-refractivity contribution is -0.117. The lowest BCUT2D eigenvalue weighted by Crippen LogP contribution is -2.37. The Labute approximate surface area is 128 Å². The van der Waals surface area contributed by atoms with Gasteiger partial charge in [-0.05, 0) is 24.1 Å². The fourth-order valence-electron chi connectivity index (χ4n) is 1.93. The number of ether oxygens (including phenoxy) is 1. The van der Waals surface area contributed by atoms with Gasteiger partial charge >= 0.3 is 0 Å². The van der Waals surface area contributed by atoms with Gasteiger partial charge in [-0.25, -0.2) is 0 Å². The van der Waals surface area contributed by atoms with E-state index < -0.39 is 6.04 Å². The van der Waals surface area contributed by atoms with E-state index in [2.05, 4.69) is 5.32 Å². The Morgan fingerprint density at radius 3 is 2.67 bits per heavy atom. The van der Waals surface area contributed by atoms with Crippen LogP contribution in [-0.4, -0.2) is 19.1 Å². The smallest absolute Gasteiger partial charge is 0.241 e. The maximum Gasteiger partial charge on any atom is 0.241 e. The molecule has 3 N–H and O–H groups in total. The minimum absolute atomic E-state index is 0.247. The van der Waals surface area contributed by atoms with Gasteiger partial charge in [0.05, 0.1) is 18.2 Å². The van der Waals surface area contributed by atoms with Crippen LogP contribution in [-0.2, 0) is 11.2 Å². The Morgan fingerprint density at radius 1 is 1.29 bits per heavy atom. The molecule has 0 aliphatic carbocycles. The maximum atomic E-state index is 12.1. The summed E-state index contributed by atoms with van der Waals surface area (Å²) in [6.07, 6.45) is 0.484. The zero-order valence-electron chi connectivity index (χ0n) is 11.7. The molecule has 0 saturated heterocycles. The molecule has 110 valence electrons. The highest BCUT2D eigenvalue weighted by atomic mass is 35.5. The van der Waals surface area contributed by atoms with E-state index >= 15 is 0 Å². The minimum Gasteiger partial charge on any atom is -0.495 e. The first-order chi connectivity index (χ1) is 10.1. The van der Waals surface area contributed by atoms with E-state index in [0.29, 0.717) is 22.9 Å². The van der Waals surface area contributed by atoms with Crippen molar-refractivity contribution >= 4 is 23.2 Å². The van der Waals surface area contributed by atoms with Gasteiger partial charge in [-0.15, -0.1) is 0 Å². The number of methoxy groups -OCH3 is 1. The second kappa shape index (κ2) is 7.11. The van der Waals surface area contributed by atoms with E-state index in [1.807, 2.05) is 30.3 Å². The molecule has 1 atom stereocenters. The van der Waals surface area contributed by atoms with Crippen molar-refractivity contribution in [2.45, 2.75) is 12.5 Å². The number of nitrogens with two attached hydrogens (primary N) is 1. The van der Waals surface area contributed by atoms with Crippen LogP contribution in [0, 0.1) is 0 Å². The first-order valence-corrected chi connectivity index (χ1v) is 6.92. The van der Waals surface area contributed by atoms with E-state index in [1.54, 1.807) is 18.2 Å². The summed E-state index contributed by atoms with van der Waals surface area (Å²) in [4.78, 5) is 12.1. The largest absolute Gasteiger partial charge is 0.495 e. The maximum absolute atomic E-state index is 12.1. The van der Waals surface area contributed by atoms with Crippen molar-refractivity contribution in [3.63, 3.8) is 0 Å². The van der Waals surface area contributed by atoms with Crippen molar-refractivity contribution in [1.29, 1.82) is 0 Å². The molecule has 0 bridgehead atoms. The Morgan fingerprint density at radius 2 is 2.00 bits per heavy atom. The number of nitrogens with one attached hydrogen (secondary N) is 1. The van der Waals surface area contributed by atoms with E-state index in [1.165, 1.54) is 7.11 Å². The first kappa shape index (κ1) is 15.4. The van der Waals surface area contributed by atoms with Crippen molar-refractivity contribution in [1.82, 2.24) is 0 Å². The summed E-state index contributed by atoms with van der Waals surface area (Å²) in [5.74, 6) is 0.259. The third-order valence-corrected chi connectivity index (χ3v) is 3.37. The van der Waals surface area contributed by atoms with Gasteiger partial charge in [-0.1, -0.05) is 41.9 Å². The highest BCUT2D eigenvalue weighted by Crippen LogP contribution is 2.27. The molecule has 0 aliphatic rings. The predicted molar refractivity (Wildman–Crippen MR) is 84.8 cm³/mol. The van der Waals surface area contributed by atoms with Gasteiger partial charge in [0, 0.05) is 11.8 Å². The van der Waals surface area contributed by atoms with Crippen LogP contribution >= 0.6 is 11.6 Å². The average molecular weight is 305 g/mol. The fourth-order valence-corrected chi connectivity index (χ4v) is 2.13. The molecule has 0 radical (unpaired) electrons. The van der Waals surface area contributed by atoms with E-state index in [-0.39, 0.29) is 5.91 Å². The monoisotopic (exact) mass is 304 g/mol. The van der Waals surface area contributed by atoms with Crippen LogP contribution in [0.25, 0.3) is 0 Å². The number of benzene rings is 2. The minimum atomic E-state index is -0.617. The van der Waals surface area contributed by atoms with Crippen LogP contribution in [0.3, 0.4) is 0 Å². The molecule has 2 rings (SSSR count). The molecule has 5 heteroatoms. The van der Waals surface area contributed by atoms with Gasteiger partial charge in [-0.3, -0.25) is 4.79 Å². The van der Waals surface area contributed by atoms with Gasteiger partial charge in [-0.2, -0.15) is 0 Å². The highest BCUT2D eigenvalue weighted by Gasteiger charge is 2.14. The quantitative estimate of drug-likeness (QED) is 0.892. The third kappa shape index (κ3) is 4.21. The predicted octanol–water partition coefficient (Wildman–Crippen LogP) is 2.86. The number of hydrogen-bond donors (Lipinski definition) is 2. The Kier molecular flexibility index (Phi) is 5.20. The van der Waals surface area contributed by atoms with Crippen molar-refractivity contribution < 1.29 is 9.53 Å². The summed E-state index contributed by atoms with van der Waals surface area (Å²) < 4.78 is 5.11. The average Bonchev–Trinajstić information content (AvgIpc) is 2.50. The molecule has 0 aliphatic heterocycles. The fraction of sp³-hybridized carbons (Fsp3) is 0.188. The van der Waals surface area contributed by atoms with Crippen LogP contribution in [0.5, 0.6) is 5.75 Å². The van der Waals surface area contributed by atoms with E-state index in [9.17, 15) is 4.79 Å². The van der Waals surface area contributed by atoms with Crippen LogP contribution in [0.15, 0.2) is 48.5 Å². The number of carbonyl (C=O) groups is 1. The molecule has 1 unspecified atom stereocenters. The van der Waals surface area contributed by atoms with E-state index in [0.717, 1.165) is 5.56 Å². The summed E-state index contributed by atoms with van der Waals surface area (Å²) in [6.45, 7) is 0. The van der Waals surface area contributed by atoms with Crippen LogP contribution in [0.2, 0.25) is 5.02 Å². The molecule has 0 fully saturated rings. The molecule has 4 nitrogen and oxygen atoms in total. The van der Waals surface area contributed by atoms with Gasteiger partial charge in [0.2, 0.25) is 5.91 Å². The molecule has 21 heavy (non-hydrogen) atoms. The molecular formula is C16H17ClN2O2. The van der Waals surface area contributed by atoms with Crippen molar-refractivity contribution in [2.24, 2.45) is 5.73 Å². The highest BCUT2D eigenvalue weighted by molar-refractivity contribution is 6.32. The Balaban J connectivity index is 2.00. The molecule has 0 saturated carbocycles. The summed E-state index contributed by atoms with van der Waals surface area (Å²) >= 11 is 5.94. The second-order valence-electron chi connectivity index (χ2n) is 4.63. The molecular weight excluding hydrogens is 288 g/mol. The lowest BCUT2D eigenvalue weighted by atomic mass is 10.1. The number of halogens is 1. The van der Waals surface area contributed by atoms with E-state index in [4.69, 9.17) is 22.1 Å². The number of anilines is 1. The number of amides is 1. The lowest BCUT2D eigenvalue weighted by Gasteiger charge is -2.13. The zero-order valence-corrected chi connectivity index (χ0v) is 12.4. The van der Waals surface area contributed by atoms with Gasteiger partial charge in [0.1, 0.15) is 5.75 Å². The van der Waals surface area contributed by atoms with Gasteiger partial charge < -0.3 is 15.8 Å². The number of rotatable bonds is 5. The summed E-state index contributed by atoms with van der Waals surface area (Å²) in [5.41, 5.74) is 7.55. The normalized spacial score (nSPS) is 11.8. The van der Waals surface area contributed by atoms with Crippen LogP contribution < -0.4 is 15.8 Å². The molecule has 0 heterocycles. The molecule has 2 aromatic rings. The van der Waals surface area contributed by atoms with Crippen LogP contribution in [0.1, 0.15) is 5.56 Å². The Bertz CT molecular complexity index is 617. The van der Waals surface area contributed by atoms with Crippen LogP contribution in [0.4, 0.5) is 5.69 Å². The summed E-state index contributed by atoms with van der Waals surface area (Å²) in [5, 5.41) is 3.25. The molecule has 0 aromatic heterocycles. The van der Waals surface area contributed by atoms with Gasteiger partial charge in [0.25, 0.3) is 0 Å². The zero-order chi connectivity index (χ0) is 15.2. The number of hydrogen-bond acceptors (Lipinski definition) is 3. The van der Waals surface area contributed by atoms with Crippen molar-refractivity contribution in [3.8, 4) is 5.75 Å². The first-order valence-electron chi connectivity index (χ1n) is 6.54. The summed E-state index contributed by atoms with van der Waals surface area (Å²) in [7, 11) is 1.52. The number of carbonyl (C=O) groups excluding carboxylic acids is 1. The van der Waals surface area contributed by atoms with Crippen molar-refractivity contribution in [3.05, 3.63) is 59.1 Å². The topological polar surface area (TPSA) is 64.3 Å². The Hall–Kier alpha value is -2.04. The molecule has 1 amide bonds. The van der Waals surface area contributed by atoms with Crippen molar-refractivity contribution in [2.75, 3.05) is 12.4 Å². The second-order valence-corrected chi connectivity index (χ2v) is 5.04. The summed E-state index contributed by atoms with van der Waals surface area (Å²) in [6, 6.07) is 14.1. The molecule has 2 aromatic carbocycles.